The Morgan fingerprint density at radius 1 is 0.419 bits per heavy atom. The second-order valence-electron chi connectivity index (χ2n) is 8.09. The molecule has 0 atom stereocenters. The van der Waals surface area contributed by atoms with Crippen LogP contribution in [0.5, 0.6) is 0 Å². The fourth-order valence-corrected chi connectivity index (χ4v) is 6.64. The Hall–Kier alpha value is -2.63. The van der Waals surface area contributed by atoms with E-state index in [-0.39, 0.29) is 0 Å². The molecule has 0 nitrogen and oxygen atoms in total. The maximum Gasteiger partial charge on any atom is 0.175 e. The van der Waals surface area contributed by atoms with Gasteiger partial charge in [0.05, 0.1) is 0 Å². The minimum atomic E-state index is -0.446. The van der Waals surface area contributed by atoms with Crippen LogP contribution in [0.25, 0.3) is 0 Å². The molecule has 0 saturated carbocycles. The highest BCUT2D eigenvalue weighted by atomic mass is 31.1. The van der Waals surface area contributed by atoms with E-state index >= 15 is 0 Å². The van der Waals surface area contributed by atoms with E-state index in [9.17, 15) is 0 Å². The number of rotatable bonds is 4. The van der Waals surface area contributed by atoms with Crippen LogP contribution < -0.4 is 21.4 Å². The Morgan fingerprint density at radius 2 is 0.774 bits per heavy atom. The molecule has 0 radical (unpaired) electrons. The number of hydrogen-bond acceptors (Lipinski definition) is 0. The van der Waals surface area contributed by atoms with Crippen molar-refractivity contribution in [3.8, 4) is 0 Å². The number of hydrogen-bond donors (Lipinski definition) is 0. The van der Waals surface area contributed by atoms with Crippen molar-refractivity contribution in [2.75, 3.05) is 0 Å². The van der Waals surface area contributed by atoms with Gasteiger partial charge in [0.1, 0.15) is 0 Å². The summed E-state index contributed by atoms with van der Waals surface area (Å²) in [5.41, 5.74) is 1.55. The Kier molecular flexibility index (Phi) is 8.14. The van der Waals surface area contributed by atoms with E-state index < -0.39 is 7.92 Å². The van der Waals surface area contributed by atoms with Gasteiger partial charge >= 0.3 is 0 Å². The highest BCUT2D eigenvalue weighted by Gasteiger charge is 2.18. The molecule has 0 aromatic heterocycles. The minimum absolute atomic E-state index is 0.446. The first-order valence-corrected chi connectivity index (χ1v) is 12.8. The van der Waals surface area contributed by atoms with Crippen molar-refractivity contribution in [2.45, 2.75) is 31.9 Å². The van der Waals surface area contributed by atoms with Gasteiger partial charge in [0.25, 0.3) is 0 Å². The minimum Gasteiger partial charge on any atom is -0.0801 e. The molecule has 4 aromatic carbocycles. The lowest BCUT2D eigenvalue weighted by molar-refractivity contribution is 0.728. The molecule has 1 fully saturated rings. The summed E-state index contributed by atoms with van der Waals surface area (Å²) in [5, 5.41) is 4.19. The molecule has 2 heteroatoms. The molecule has 4 aromatic rings. The molecule has 0 spiro atoms. The van der Waals surface area contributed by atoms with Crippen LogP contribution in [-0.4, -0.2) is 6.71 Å². The Morgan fingerprint density at radius 3 is 1.16 bits per heavy atom. The van der Waals surface area contributed by atoms with Crippen LogP contribution in [0.15, 0.2) is 121 Å². The van der Waals surface area contributed by atoms with E-state index in [0.29, 0.717) is 0 Å². The molecule has 31 heavy (non-hydrogen) atoms. The Labute approximate surface area is 189 Å². The maximum absolute atomic E-state index is 2.27. The molecule has 154 valence electrons. The predicted molar refractivity (Wildman–Crippen MR) is 140 cm³/mol. The van der Waals surface area contributed by atoms with Crippen molar-refractivity contribution in [3.05, 3.63) is 121 Å². The summed E-state index contributed by atoms with van der Waals surface area (Å²) < 4.78 is 0. The summed E-state index contributed by atoms with van der Waals surface area (Å²) in [6.07, 6.45) is 7.12. The van der Waals surface area contributed by atoms with Crippen molar-refractivity contribution in [1.82, 2.24) is 0 Å². The summed E-state index contributed by atoms with van der Waals surface area (Å²) >= 11 is 0. The van der Waals surface area contributed by atoms with E-state index in [1.807, 2.05) is 0 Å². The first kappa shape index (κ1) is 21.6. The Balaban J connectivity index is 0.000000166. The second kappa shape index (κ2) is 11.7. The zero-order chi connectivity index (χ0) is 21.1. The molecule has 1 saturated heterocycles. The lowest BCUT2D eigenvalue weighted by Gasteiger charge is -2.18. The zero-order valence-electron chi connectivity index (χ0n) is 18.1. The average molecular weight is 420 g/mol. The third kappa shape index (κ3) is 6.19. The number of benzene rings is 4. The van der Waals surface area contributed by atoms with Crippen LogP contribution in [0, 0.1) is 0 Å². The average Bonchev–Trinajstić information content (AvgIpc) is 2.88. The third-order valence-electron chi connectivity index (χ3n) is 5.92. The Bertz CT molecular complexity index is 904. The molecular weight excluding hydrogens is 390 g/mol. The fourth-order valence-electron chi connectivity index (χ4n) is 4.34. The highest BCUT2D eigenvalue weighted by Crippen LogP contribution is 2.32. The monoisotopic (exact) mass is 420 g/mol. The van der Waals surface area contributed by atoms with Gasteiger partial charge in [-0.3, -0.25) is 0 Å². The van der Waals surface area contributed by atoms with Crippen LogP contribution in [0.3, 0.4) is 0 Å². The van der Waals surface area contributed by atoms with Crippen LogP contribution >= 0.6 is 7.92 Å². The zero-order valence-corrected chi connectivity index (χ0v) is 19.0. The van der Waals surface area contributed by atoms with E-state index in [1.54, 1.807) is 5.46 Å². The first-order chi connectivity index (χ1) is 15.4. The molecular formula is C29H30BP. The molecule has 0 N–H and O–H groups in total. The molecule has 0 amide bonds. The molecule has 0 aliphatic carbocycles. The van der Waals surface area contributed by atoms with Gasteiger partial charge in [-0.05, 0) is 23.8 Å². The van der Waals surface area contributed by atoms with Gasteiger partial charge in [-0.15, -0.1) is 0 Å². The summed E-state index contributed by atoms with van der Waals surface area (Å²) in [7, 11) is -0.446. The van der Waals surface area contributed by atoms with Crippen LogP contribution in [0.4, 0.5) is 0 Å². The van der Waals surface area contributed by atoms with Crippen molar-refractivity contribution in [3.63, 3.8) is 0 Å². The van der Waals surface area contributed by atoms with Crippen molar-refractivity contribution >= 4 is 36.0 Å². The van der Waals surface area contributed by atoms with Gasteiger partial charge in [0.15, 0.2) is 6.71 Å². The van der Waals surface area contributed by atoms with Crippen LogP contribution in [-0.2, 0) is 0 Å². The highest BCUT2D eigenvalue weighted by molar-refractivity contribution is 7.79. The quantitative estimate of drug-likeness (QED) is 0.280. The standard InChI is InChI=1S/C18H15P.C11H15B/c1-4-10-16(11-5-1)19(17-12-6-2-7-13-17)18-14-8-3-9-15-18;1-3-7-11(8-4-1)12-9-5-2-6-10-12/h1-15H;1,3-4,7-8H,2,5-6,9-10H2. The van der Waals surface area contributed by atoms with Crippen LogP contribution in [0.2, 0.25) is 12.6 Å². The van der Waals surface area contributed by atoms with Gasteiger partial charge in [-0.25, -0.2) is 0 Å². The summed E-state index contributed by atoms with van der Waals surface area (Å²) in [6.45, 7) is 0.861. The van der Waals surface area contributed by atoms with E-state index in [0.717, 1.165) is 6.71 Å². The summed E-state index contributed by atoms with van der Waals surface area (Å²) in [4.78, 5) is 0. The molecule has 1 aliphatic rings. The van der Waals surface area contributed by atoms with Gasteiger partial charge in [0.2, 0.25) is 0 Å². The van der Waals surface area contributed by atoms with Gasteiger partial charge < -0.3 is 0 Å². The predicted octanol–water partition coefficient (Wildman–Crippen LogP) is 6.02. The molecule has 0 bridgehead atoms. The van der Waals surface area contributed by atoms with Crippen molar-refractivity contribution in [1.29, 1.82) is 0 Å². The lowest BCUT2D eigenvalue weighted by Crippen LogP contribution is -2.31. The SMILES string of the molecule is c1ccc(B2CCCCC2)cc1.c1ccc(P(c2ccccc2)c2ccccc2)cc1. The second-order valence-corrected chi connectivity index (χ2v) is 10.3. The lowest BCUT2D eigenvalue weighted by atomic mass is 9.38. The summed E-state index contributed by atoms with van der Waals surface area (Å²) in [6, 6.07) is 43.3. The fraction of sp³-hybridized carbons (Fsp3) is 0.172. The summed E-state index contributed by atoms with van der Waals surface area (Å²) in [5.74, 6) is 0. The molecule has 1 aliphatic heterocycles. The van der Waals surface area contributed by atoms with Gasteiger partial charge in [-0.2, -0.15) is 0 Å². The molecule has 0 unspecified atom stereocenters. The van der Waals surface area contributed by atoms with Crippen molar-refractivity contribution in [2.24, 2.45) is 0 Å². The first-order valence-electron chi connectivity index (χ1n) is 11.4. The maximum atomic E-state index is 2.27. The van der Waals surface area contributed by atoms with E-state index in [4.69, 9.17) is 0 Å². The van der Waals surface area contributed by atoms with Gasteiger partial charge in [0, 0.05) is 0 Å². The third-order valence-corrected chi connectivity index (χ3v) is 8.36. The topological polar surface area (TPSA) is 0 Å². The normalized spacial score (nSPS) is 13.4. The van der Waals surface area contributed by atoms with Gasteiger partial charge in [-0.1, -0.05) is 159 Å². The van der Waals surface area contributed by atoms with E-state index in [2.05, 4.69) is 121 Å². The van der Waals surface area contributed by atoms with E-state index in [1.165, 1.54) is 47.8 Å². The molecule has 5 rings (SSSR count). The largest absolute Gasteiger partial charge is 0.175 e. The smallest absolute Gasteiger partial charge is 0.0801 e. The molecule has 1 heterocycles. The van der Waals surface area contributed by atoms with Crippen molar-refractivity contribution < 1.29 is 0 Å². The van der Waals surface area contributed by atoms with Crippen LogP contribution in [0.1, 0.15) is 19.3 Å².